The van der Waals surface area contributed by atoms with E-state index in [4.69, 9.17) is 0 Å². The van der Waals surface area contributed by atoms with Crippen LogP contribution in [0.3, 0.4) is 0 Å². The van der Waals surface area contributed by atoms with Crippen molar-refractivity contribution in [2.24, 2.45) is 0 Å². The average Bonchev–Trinajstić information content (AvgIpc) is 3.05. The third kappa shape index (κ3) is 1.67. The first kappa shape index (κ1) is 11.6. The van der Waals surface area contributed by atoms with Gasteiger partial charge in [0, 0.05) is 11.3 Å². The van der Waals surface area contributed by atoms with Crippen molar-refractivity contribution < 1.29 is 14.5 Å². The molecule has 5 nitrogen and oxygen atoms in total. The van der Waals surface area contributed by atoms with Crippen LogP contribution in [0.5, 0.6) is 0 Å². The molecule has 0 spiro atoms. The number of nitrogens with zero attached hydrogens (tertiary/aromatic N) is 1. The summed E-state index contributed by atoms with van der Waals surface area (Å²) < 4.78 is 4.53. The summed E-state index contributed by atoms with van der Waals surface area (Å²) in [5.74, 6) is -1.13. The van der Waals surface area contributed by atoms with Crippen LogP contribution < -0.4 is 0 Å². The van der Waals surface area contributed by atoms with Gasteiger partial charge in [0.1, 0.15) is 0 Å². The molecule has 1 aliphatic carbocycles. The largest absolute Gasteiger partial charge is 0.464 e. The van der Waals surface area contributed by atoms with Crippen molar-refractivity contribution in [2.75, 3.05) is 7.11 Å². The summed E-state index contributed by atoms with van der Waals surface area (Å²) in [5, 5.41) is 11.0. The molecule has 90 valence electrons. The summed E-state index contributed by atoms with van der Waals surface area (Å²) in [5.41, 5.74) is 0.334. The average molecular weight is 235 g/mol. The lowest BCUT2D eigenvalue weighted by Crippen LogP contribution is -2.34. The Morgan fingerprint density at radius 2 is 2.06 bits per heavy atom. The molecule has 0 radical (unpaired) electrons. The van der Waals surface area contributed by atoms with Crippen molar-refractivity contribution in [3.8, 4) is 0 Å². The Labute approximate surface area is 98.5 Å². The van der Waals surface area contributed by atoms with Crippen LogP contribution in [-0.2, 0) is 9.53 Å². The Hall–Kier alpha value is -1.91. The minimum absolute atomic E-state index is 0.218. The molecule has 5 heteroatoms. The highest BCUT2D eigenvalue weighted by molar-refractivity contribution is 5.85. The molecule has 0 aliphatic heterocycles. The first-order valence-corrected chi connectivity index (χ1v) is 5.32. The van der Waals surface area contributed by atoms with Crippen LogP contribution >= 0.6 is 0 Å². The third-order valence-electron chi connectivity index (χ3n) is 3.28. The fourth-order valence-corrected chi connectivity index (χ4v) is 2.12. The van der Waals surface area contributed by atoms with Crippen LogP contribution in [0.2, 0.25) is 0 Å². The lowest BCUT2D eigenvalue weighted by atomic mass is 10.0. The van der Waals surface area contributed by atoms with Crippen LogP contribution in [-0.4, -0.2) is 23.5 Å². The van der Waals surface area contributed by atoms with Crippen molar-refractivity contribution in [1.82, 2.24) is 0 Å². The molecule has 0 saturated heterocycles. The molecule has 17 heavy (non-hydrogen) atoms. The fraction of sp³-hybridized carbons (Fsp3) is 0.417. The van der Waals surface area contributed by atoms with Gasteiger partial charge in [-0.3, -0.25) is 10.1 Å². The van der Waals surface area contributed by atoms with Gasteiger partial charge in [0.25, 0.3) is 0 Å². The number of rotatable bonds is 3. The Morgan fingerprint density at radius 1 is 1.47 bits per heavy atom. The molecule has 1 fully saturated rings. The van der Waals surface area contributed by atoms with E-state index in [-0.39, 0.29) is 12.3 Å². The van der Waals surface area contributed by atoms with Crippen molar-refractivity contribution in [1.29, 1.82) is 0 Å². The molecule has 1 aliphatic rings. The van der Waals surface area contributed by atoms with Crippen molar-refractivity contribution in [3.05, 3.63) is 45.5 Å². The van der Waals surface area contributed by atoms with Crippen LogP contribution in [0, 0.1) is 17.0 Å². The SMILES string of the molecule is COC(=O)[C@@]1([N+](=O)[O-])C[C@@H]1c1ccc(C)cc1. The molecule has 0 amide bonds. The summed E-state index contributed by atoms with van der Waals surface area (Å²) in [6.45, 7) is 1.94. The van der Waals surface area contributed by atoms with E-state index in [1.807, 2.05) is 31.2 Å². The van der Waals surface area contributed by atoms with E-state index in [9.17, 15) is 14.9 Å². The Kier molecular flexibility index (Phi) is 2.61. The third-order valence-corrected chi connectivity index (χ3v) is 3.28. The Morgan fingerprint density at radius 3 is 2.53 bits per heavy atom. The second kappa shape index (κ2) is 3.84. The van der Waals surface area contributed by atoms with E-state index in [0.717, 1.165) is 11.1 Å². The van der Waals surface area contributed by atoms with Gasteiger partial charge in [-0.15, -0.1) is 0 Å². The number of methoxy groups -OCH3 is 1. The smallest absolute Gasteiger partial charge is 0.385 e. The van der Waals surface area contributed by atoms with E-state index in [2.05, 4.69) is 4.74 Å². The number of ether oxygens (including phenoxy) is 1. The van der Waals surface area contributed by atoms with Gasteiger partial charge >= 0.3 is 11.5 Å². The number of carbonyl (C=O) groups is 1. The summed E-state index contributed by atoms with van der Waals surface area (Å²) in [6, 6.07) is 7.42. The summed E-state index contributed by atoms with van der Waals surface area (Å²) in [4.78, 5) is 22.0. The number of hydrogen-bond donors (Lipinski definition) is 0. The van der Waals surface area contributed by atoms with Gasteiger partial charge in [0.15, 0.2) is 0 Å². The topological polar surface area (TPSA) is 69.4 Å². The predicted octanol–water partition coefficient (Wildman–Crippen LogP) is 1.67. The lowest BCUT2D eigenvalue weighted by molar-refractivity contribution is -0.526. The normalized spacial score (nSPS) is 26.4. The number of hydrogen-bond acceptors (Lipinski definition) is 4. The lowest BCUT2D eigenvalue weighted by Gasteiger charge is -2.07. The van der Waals surface area contributed by atoms with Gasteiger partial charge in [0.2, 0.25) is 0 Å². The van der Waals surface area contributed by atoms with Gasteiger partial charge in [0.05, 0.1) is 13.0 Å². The number of benzene rings is 1. The van der Waals surface area contributed by atoms with Gasteiger partial charge in [-0.1, -0.05) is 29.8 Å². The standard InChI is InChI=1S/C12H13NO4/c1-8-3-5-9(6-4-8)10-7-12(10,13(15)16)11(14)17-2/h3-6,10H,7H2,1-2H3/t10-,12-/m1/s1. The maximum atomic E-state index is 11.5. The molecular formula is C12H13NO4. The zero-order valence-corrected chi connectivity index (χ0v) is 9.67. The highest BCUT2D eigenvalue weighted by Crippen LogP contribution is 2.54. The number of aryl methyl sites for hydroxylation is 1. The van der Waals surface area contributed by atoms with E-state index in [1.165, 1.54) is 7.11 Å². The molecule has 2 rings (SSSR count). The van der Waals surface area contributed by atoms with E-state index >= 15 is 0 Å². The molecule has 1 saturated carbocycles. The molecule has 0 aromatic heterocycles. The summed E-state index contributed by atoms with van der Waals surface area (Å²) in [6.07, 6.45) is 0.218. The number of nitro groups is 1. The van der Waals surface area contributed by atoms with Crippen LogP contribution in [0.1, 0.15) is 23.5 Å². The van der Waals surface area contributed by atoms with E-state index < -0.39 is 16.4 Å². The maximum Gasteiger partial charge on any atom is 0.385 e. The second-order valence-electron chi connectivity index (χ2n) is 4.34. The minimum atomic E-state index is -1.57. The monoisotopic (exact) mass is 235 g/mol. The van der Waals surface area contributed by atoms with Crippen molar-refractivity contribution in [2.45, 2.75) is 24.8 Å². The molecule has 0 heterocycles. The highest BCUT2D eigenvalue weighted by Gasteiger charge is 2.73. The summed E-state index contributed by atoms with van der Waals surface area (Å²) in [7, 11) is 1.18. The van der Waals surface area contributed by atoms with Gasteiger partial charge in [-0.2, -0.15) is 0 Å². The molecule has 1 aromatic rings. The molecule has 0 N–H and O–H groups in total. The minimum Gasteiger partial charge on any atom is -0.464 e. The zero-order chi connectivity index (χ0) is 12.6. The summed E-state index contributed by atoms with van der Waals surface area (Å²) >= 11 is 0. The van der Waals surface area contributed by atoms with E-state index in [1.54, 1.807) is 0 Å². The molecule has 0 unspecified atom stereocenters. The van der Waals surface area contributed by atoms with Gasteiger partial charge in [-0.05, 0) is 12.5 Å². The maximum absolute atomic E-state index is 11.5. The number of carbonyl (C=O) groups excluding carboxylic acids is 1. The number of esters is 1. The van der Waals surface area contributed by atoms with Crippen LogP contribution in [0.4, 0.5) is 0 Å². The van der Waals surface area contributed by atoms with Crippen molar-refractivity contribution in [3.63, 3.8) is 0 Å². The predicted molar refractivity (Wildman–Crippen MR) is 60.3 cm³/mol. The first-order valence-electron chi connectivity index (χ1n) is 5.32. The van der Waals surface area contributed by atoms with Gasteiger partial charge < -0.3 is 4.74 Å². The second-order valence-corrected chi connectivity index (χ2v) is 4.34. The van der Waals surface area contributed by atoms with E-state index in [0.29, 0.717) is 0 Å². The fourth-order valence-electron chi connectivity index (χ4n) is 2.12. The quantitative estimate of drug-likeness (QED) is 0.454. The molecule has 0 bridgehead atoms. The molecule has 2 atom stereocenters. The molecular weight excluding hydrogens is 222 g/mol. The Bertz CT molecular complexity index is 468. The zero-order valence-electron chi connectivity index (χ0n) is 9.67. The highest BCUT2D eigenvalue weighted by atomic mass is 16.6. The van der Waals surface area contributed by atoms with Crippen LogP contribution in [0.15, 0.2) is 24.3 Å². The Balaban J connectivity index is 2.29. The first-order chi connectivity index (χ1) is 8.02. The molecule has 1 aromatic carbocycles. The van der Waals surface area contributed by atoms with Gasteiger partial charge in [-0.25, -0.2) is 4.79 Å². The van der Waals surface area contributed by atoms with Crippen LogP contribution in [0.25, 0.3) is 0 Å². The van der Waals surface area contributed by atoms with Crippen molar-refractivity contribution >= 4 is 5.97 Å².